The fourth-order valence-electron chi connectivity index (χ4n) is 3.90. The van der Waals surface area contributed by atoms with Crippen LogP contribution in [0.4, 0.5) is 0 Å². The number of hydrogen-bond acceptors (Lipinski definition) is 1. The Morgan fingerprint density at radius 1 is 0.750 bits per heavy atom. The average molecular weight is 336 g/mol. The number of unbranched alkanes of at least 4 members (excludes halogenated alkanes) is 11. The van der Waals surface area contributed by atoms with E-state index in [1.54, 1.807) is 0 Å². The Hall–Kier alpha value is -0.790. The van der Waals surface area contributed by atoms with Crippen LogP contribution < -0.4 is 5.73 Å². The van der Waals surface area contributed by atoms with Gasteiger partial charge in [-0.1, -0.05) is 89.5 Å². The van der Waals surface area contributed by atoms with Crippen molar-refractivity contribution in [3.63, 3.8) is 0 Å². The van der Waals surface area contributed by atoms with E-state index in [9.17, 15) is 4.79 Å². The van der Waals surface area contributed by atoms with Crippen molar-refractivity contribution in [3.8, 4) is 0 Å². The summed E-state index contributed by atoms with van der Waals surface area (Å²) in [6.07, 6.45) is 23.2. The maximum absolute atomic E-state index is 11.7. The van der Waals surface area contributed by atoms with Crippen LogP contribution in [0.5, 0.6) is 0 Å². The second-order valence-corrected chi connectivity index (χ2v) is 7.65. The van der Waals surface area contributed by atoms with Gasteiger partial charge in [0.15, 0.2) is 0 Å². The highest BCUT2D eigenvalue weighted by Crippen LogP contribution is 2.28. The van der Waals surface area contributed by atoms with E-state index in [2.05, 4.69) is 6.92 Å². The SMILES string of the molecule is CCCCCCCCCCCCCCC(C(N)=O)=C1CCCCC1. The molecule has 0 bridgehead atoms. The Balaban J connectivity index is 1.99. The summed E-state index contributed by atoms with van der Waals surface area (Å²) in [5.41, 5.74) is 7.96. The van der Waals surface area contributed by atoms with Gasteiger partial charge in [0, 0.05) is 5.57 Å². The first-order valence-corrected chi connectivity index (χ1v) is 10.8. The van der Waals surface area contributed by atoms with Crippen molar-refractivity contribution >= 4 is 5.91 Å². The third-order valence-electron chi connectivity index (χ3n) is 5.46. The van der Waals surface area contributed by atoms with E-state index in [0.717, 1.165) is 31.3 Å². The van der Waals surface area contributed by atoms with Gasteiger partial charge < -0.3 is 5.73 Å². The maximum Gasteiger partial charge on any atom is 0.244 e. The molecule has 140 valence electrons. The molecule has 0 aromatic carbocycles. The molecule has 1 aliphatic rings. The molecule has 0 heterocycles. The van der Waals surface area contributed by atoms with Crippen molar-refractivity contribution in [2.75, 3.05) is 0 Å². The third kappa shape index (κ3) is 10.2. The molecule has 0 unspecified atom stereocenters. The minimum atomic E-state index is -0.157. The van der Waals surface area contributed by atoms with Crippen molar-refractivity contribution in [1.29, 1.82) is 0 Å². The summed E-state index contributed by atoms with van der Waals surface area (Å²) in [7, 11) is 0. The molecule has 1 amide bonds. The quantitative estimate of drug-likeness (QED) is 0.274. The van der Waals surface area contributed by atoms with Crippen LogP contribution >= 0.6 is 0 Å². The molecule has 0 aliphatic heterocycles. The lowest BCUT2D eigenvalue weighted by Gasteiger charge is -2.17. The summed E-state index contributed by atoms with van der Waals surface area (Å²) < 4.78 is 0. The normalized spacial score (nSPS) is 14.8. The van der Waals surface area contributed by atoms with Crippen LogP contribution in [0.2, 0.25) is 0 Å². The zero-order valence-electron chi connectivity index (χ0n) is 16.2. The number of hydrogen-bond donors (Lipinski definition) is 1. The molecule has 2 N–H and O–H groups in total. The Morgan fingerprint density at radius 3 is 1.67 bits per heavy atom. The number of carbonyl (C=O) groups excluding carboxylic acids is 1. The monoisotopic (exact) mass is 335 g/mol. The lowest BCUT2D eigenvalue weighted by atomic mass is 9.88. The van der Waals surface area contributed by atoms with Crippen molar-refractivity contribution < 1.29 is 4.79 Å². The number of allylic oxidation sites excluding steroid dienone is 1. The first-order valence-electron chi connectivity index (χ1n) is 10.8. The standard InChI is InChI=1S/C22H41NO/c1-2-3-4-5-6-7-8-9-10-11-12-16-19-21(22(23)24)20-17-14-13-15-18-20/h2-19H2,1H3,(H2,23,24). The number of carbonyl (C=O) groups is 1. The highest BCUT2D eigenvalue weighted by atomic mass is 16.1. The lowest BCUT2D eigenvalue weighted by Crippen LogP contribution is -2.17. The lowest BCUT2D eigenvalue weighted by molar-refractivity contribution is -0.114. The Bertz CT molecular complexity index is 351. The molecule has 0 aromatic heterocycles. The molecule has 0 saturated heterocycles. The molecule has 0 aromatic rings. The van der Waals surface area contributed by atoms with Crippen molar-refractivity contribution in [2.45, 2.75) is 122 Å². The van der Waals surface area contributed by atoms with Crippen LogP contribution in [0.25, 0.3) is 0 Å². The fraction of sp³-hybridized carbons (Fsp3) is 0.864. The first kappa shape index (κ1) is 21.3. The minimum Gasteiger partial charge on any atom is -0.366 e. The Morgan fingerprint density at radius 2 is 1.21 bits per heavy atom. The van der Waals surface area contributed by atoms with Gasteiger partial charge >= 0.3 is 0 Å². The molecule has 1 fully saturated rings. The fourth-order valence-corrected chi connectivity index (χ4v) is 3.90. The molecule has 24 heavy (non-hydrogen) atoms. The summed E-state index contributed by atoms with van der Waals surface area (Å²) in [6.45, 7) is 2.28. The van der Waals surface area contributed by atoms with Crippen molar-refractivity contribution in [1.82, 2.24) is 0 Å². The molecule has 2 nitrogen and oxygen atoms in total. The van der Waals surface area contributed by atoms with Crippen LogP contribution in [-0.2, 0) is 4.79 Å². The zero-order chi connectivity index (χ0) is 17.5. The van der Waals surface area contributed by atoms with Gasteiger partial charge in [-0.25, -0.2) is 0 Å². The number of nitrogens with two attached hydrogens (primary N) is 1. The van der Waals surface area contributed by atoms with E-state index >= 15 is 0 Å². The predicted octanol–water partition coefficient (Wildman–Crippen LogP) is 6.82. The van der Waals surface area contributed by atoms with E-state index in [0.29, 0.717) is 0 Å². The van der Waals surface area contributed by atoms with Gasteiger partial charge in [-0.3, -0.25) is 4.79 Å². The first-order chi connectivity index (χ1) is 11.8. The van der Waals surface area contributed by atoms with Crippen LogP contribution in [-0.4, -0.2) is 5.91 Å². The van der Waals surface area contributed by atoms with E-state index in [4.69, 9.17) is 5.73 Å². The second kappa shape index (κ2) is 14.5. The van der Waals surface area contributed by atoms with Gasteiger partial charge in [-0.2, -0.15) is 0 Å². The molecule has 1 aliphatic carbocycles. The van der Waals surface area contributed by atoms with Crippen LogP contribution in [0, 0.1) is 0 Å². The molecular formula is C22H41NO. The van der Waals surface area contributed by atoms with E-state index in [1.807, 2.05) is 0 Å². The Kier molecular flexibility index (Phi) is 12.9. The molecule has 0 spiro atoms. The zero-order valence-corrected chi connectivity index (χ0v) is 16.2. The molecular weight excluding hydrogens is 294 g/mol. The maximum atomic E-state index is 11.7. The van der Waals surface area contributed by atoms with Gasteiger partial charge in [-0.15, -0.1) is 0 Å². The highest BCUT2D eigenvalue weighted by molar-refractivity contribution is 5.92. The summed E-state index contributed by atoms with van der Waals surface area (Å²) in [5, 5.41) is 0. The smallest absolute Gasteiger partial charge is 0.244 e. The minimum absolute atomic E-state index is 0.157. The number of primary amides is 1. The molecule has 0 atom stereocenters. The van der Waals surface area contributed by atoms with E-state index in [-0.39, 0.29) is 5.91 Å². The topological polar surface area (TPSA) is 43.1 Å². The van der Waals surface area contributed by atoms with E-state index in [1.165, 1.54) is 95.5 Å². The van der Waals surface area contributed by atoms with Gasteiger partial charge in [0.1, 0.15) is 0 Å². The molecule has 1 rings (SSSR count). The van der Waals surface area contributed by atoms with Crippen LogP contribution in [0.1, 0.15) is 122 Å². The highest BCUT2D eigenvalue weighted by Gasteiger charge is 2.14. The Labute approximate surface area is 150 Å². The number of rotatable bonds is 14. The summed E-state index contributed by atoms with van der Waals surface area (Å²) >= 11 is 0. The van der Waals surface area contributed by atoms with Gasteiger partial charge in [0.25, 0.3) is 0 Å². The van der Waals surface area contributed by atoms with Gasteiger partial charge in [0.05, 0.1) is 0 Å². The summed E-state index contributed by atoms with van der Waals surface area (Å²) in [5.74, 6) is -0.157. The van der Waals surface area contributed by atoms with Crippen LogP contribution in [0.3, 0.4) is 0 Å². The van der Waals surface area contributed by atoms with Gasteiger partial charge in [0.2, 0.25) is 5.91 Å². The number of amides is 1. The average Bonchev–Trinajstić information content (AvgIpc) is 2.59. The third-order valence-corrected chi connectivity index (χ3v) is 5.46. The van der Waals surface area contributed by atoms with Gasteiger partial charge in [-0.05, 0) is 38.5 Å². The molecule has 1 saturated carbocycles. The second-order valence-electron chi connectivity index (χ2n) is 7.65. The molecule has 0 radical (unpaired) electrons. The summed E-state index contributed by atoms with van der Waals surface area (Å²) in [6, 6.07) is 0. The summed E-state index contributed by atoms with van der Waals surface area (Å²) in [4.78, 5) is 11.7. The van der Waals surface area contributed by atoms with Crippen molar-refractivity contribution in [2.24, 2.45) is 5.73 Å². The molecule has 2 heteroatoms. The largest absolute Gasteiger partial charge is 0.366 e. The van der Waals surface area contributed by atoms with Crippen LogP contribution in [0.15, 0.2) is 11.1 Å². The van der Waals surface area contributed by atoms with E-state index < -0.39 is 0 Å². The van der Waals surface area contributed by atoms with Crippen molar-refractivity contribution in [3.05, 3.63) is 11.1 Å². The predicted molar refractivity (Wildman–Crippen MR) is 105 cm³/mol.